The van der Waals surface area contributed by atoms with Crippen molar-refractivity contribution >= 4 is 45.3 Å². The molecule has 4 rings (SSSR count). The number of anilines is 1. The Labute approximate surface area is 182 Å². The summed E-state index contributed by atoms with van der Waals surface area (Å²) in [7, 11) is 1.91. The second-order valence-electron chi connectivity index (χ2n) is 7.03. The number of amides is 1. The van der Waals surface area contributed by atoms with Gasteiger partial charge in [-0.3, -0.25) is 4.79 Å². The molecule has 0 aliphatic heterocycles. The molecule has 3 heterocycles. The average molecular weight is 444 g/mol. The zero-order valence-electron chi connectivity index (χ0n) is 16.3. The van der Waals surface area contributed by atoms with Crippen LogP contribution in [0.3, 0.4) is 0 Å². The summed E-state index contributed by atoms with van der Waals surface area (Å²) < 4.78 is 1.91. The lowest BCUT2D eigenvalue weighted by molar-refractivity contribution is -0.113. The quantitative estimate of drug-likeness (QED) is 0.453. The predicted octanol–water partition coefficient (Wildman–Crippen LogP) is 4.78. The second-order valence-corrected chi connectivity index (χ2v) is 10.2. The summed E-state index contributed by atoms with van der Waals surface area (Å²) in [6.45, 7) is 2.06. The third-order valence-electron chi connectivity index (χ3n) is 4.94. The maximum Gasteiger partial charge on any atom is 0.235 e. The number of carbonyl (C=O) groups is 1. The van der Waals surface area contributed by atoms with Gasteiger partial charge in [0, 0.05) is 27.7 Å². The highest BCUT2D eigenvalue weighted by atomic mass is 32.2. The zero-order valence-corrected chi connectivity index (χ0v) is 18.8. The van der Waals surface area contributed by atoms with Crippen LogP contribution in [0.25, 0.3) is 11.4 Å². The number of nitrogens with one attached hydrogen (secondary N) is 1. The Morgan fingerprint density at radius 1 is 1.34 bits per heavy atom. The van der Waals surface area contributed by atoms with Crippen LogP contribution in [0.2, 0.25) is 0 Å². The molecular formula is C20H21N5OS3. The predicted molar refractivity (Wildman–Crippen MR) is 119 cm³/mol. The van der Waals surface area contributed by atoms with E-state index in [4.69, 9.17) is 0 Å². The van der Waals surface area contributed by atoms with E-state index in [2.05, 4.69) is 40.0 Å². The summed E-state index contributed by atoms with van der Waals surface area (Å²) in [5.74, 6) is 0.895. The van der Waals surface area contributed by atoms with Crippen molar-refractivity contribution in [2.24, 2.45) is 7.05 Å². The van der Waals surface area contributed by atoms with Crippen molar-refractivity contribution < 1.29 is 4.79 Å². The molecule has 0 unspecified atom stereocenters. The SMILES string of the molecule is Cc1cc(-c2nnc(SCC(=O)Nc3sc4c(c3C#N)CCCCC4)n2C)cs1. The number of fused-ring (bicyclic) bond motifs is 1. The lowest BCUT2D eigenvalue weighted by Crippen LogP contribution is -2.14. The summed E-state index contributed by atoms with van der Waals surface area (Å²) in [6.07, 6.45) is 5.40. The number of carbonyl (C=O) groups excluding carboxylic acids is 1. The molecule has 0 fully saturated rings. The molecule has 150 valence electrons. The van der Waals surface area contributed by atoms with Crippen LogP contribution >= 0.6 is 34.4 Å². The van der Waals surface area contributed by atoms with Gasteiger partial charge in [-0.1, -0.05) is 18.2 Å². The summed E-state index contributed by atoms with van der Waals surface area (Å²) in [5, 5.41) is 24.5. The smallest absolute Gasteiger partial charge is 0.235 e. The van der Waals surface area contributed by atoms with E-state index in [0.717, 1.165) is 42.6 Å². The van der Waals surface area contributed by atoms with Crippen LogP contribution in [0.5, 0.6) is 0 Å². The van der Waals surface area contributed by atoms with Gasteiger partial charge in [0.2, 0.25) is 5.91 Å². The lowest BCUT2D eigenvalue weighted by atomic mass is 10.1. The van der Waals surface area contributed by atoms with Gasteiger partial charge in [-0.25, -0.2) is 0 Å². The zero-order chi connectivity index (χ0) is 20.4. The van der Waals surface area contributed by atoms with Crippen molar-refractivity contribution in [2.45, 2.75) is 44.2 Å². The highest BCUT2D eigenvalue weighted by Crippen LogP contribution is 2.37. The lowest BCUT2D eigenvalue weighted by Gasteiger charge is -2.05. The second kappa shape index (κ2) is 8.69. The number of nitrogens with zero attached hydrogens (tertiary/aromatic N) is 4. The molecule has 0 spiro atoms. The fourth-order valence-electron chi connectivity index (χ4n) is 3.49. The van der Waals surface area contributed by atoms with E-state index < -0.39 is 0 Å². The minimum absolute atomic E-state index is 0.126. The molecule has 0 saturated carbocycles. The van der Waals surface area contributed by atoms with Crippen LogP contribution in [0, 0.1) is 18.3 Å². The number of aromatic nitrogens is 3. The normalized spacial score (nSPS) is 13.6. The third-order valence-corrected chi connectivity index (χ3v) is 8.03. The van der Waals surface area contributed by atoms with Crippen molar-refractivity contribution in [3.63, 3.8) is 0 Å². The maximum absolute atomic E-state index is 12.5. The van der Waals surface area contributed by atoms with Gasteiger partial charge >= 0.3 is 0 Å². The van der Waals surface area contributed by atoms with Crippen LogP contribution in [0.15, 0.2) is 16.6 Å². The molecular weight excluding hydrogens is 422 g/mol. The molecule has 6 nitrogen and oxygen atoms in total. The van der Waals surface area contributed by atoms with Crippen molar-refractivity contribution in [1.29, 1.82) is 5.26 Å². The van der Waals surface area contributed by atoms with Crippen LogP contribution < -0.4 is 5.32 Å². The molecule has 9 heteroatoms. The Kier molecular flexibility index (Phi) is 6.04. The molecule has 0 aromatic carbocycles. The monoisotopic (exact) mass is 443 g/mol. The first-order chi connectivity index (χ1) is 14.1. The van der Waals surface area contributed by atoms with Crippen molar-refractivity contribution in [2.75, 3.05) is 11.1 Å². The largest absolute Gasteiger partial charge is 0.316 e. The van der Waals surface area contributed by atoms with Crippen molar-refractivity contribution in [3.05, 3.63) is 32.3 Å². The number of thiophene rings is 2. The van der Waals surface area contributed by atoms with Gasteiger partial charge in [-0.2, -0.15) is 5.26 Å². The fourth-order valence-corrected chi connectivity index (χ4v) is 6.14. The Morgan fingerprint density at radius 3 is 2.93 bits per heavy atom. The molecule has 1 aliphatic carbocycles. The van der Waals surface area contributed by atoms with Crippen molar-refractivity contribution in [3.8, 4) is 17.5 Å². The molecule has 29 heavy (non-hydrogen) atoms. The molecule has 1 N–H and O–H groups in total. The Bertz CT molecular complexity index is 1090. The van der Waals surface area contributed by atoms with E-state index in [1.54, 1.807) is 22.7 Å². The van der Waals surface area contributed by atoms with E-state index in [-0.39, 0.29) is 11.7 Å². The number of hydrogen-bond donors (Lipinski definition) is 1. The first kappa shape index (κ1) is 20.1. The summed E-state index contributed by atoms with van der Waals surface area (Å²) >= 11 is 4.59. The van der Waals surface area contributed by atoms with Gasteiger partial charge in [-0.15, -0.1) is 32.9 Å². The molecule has 0 saturated heterocycles. The van der Waals surface area contributed by atoms with Crippen LogP contribution in [-0.2, 0) is 24.7 Å². The van der Waals surface area contributed by atoms with Gasteiger partial charge in [-0.05, 0) is 44.2 Å². The van der Waals surface area contributed by atoms with Gasteiger partial charge in [0.15, 0.2) is 11.0 Å². The van der Waals surface area contributed by atoms with E-state index in [1.807, 2.05) is 11.6 Å². The average Bonchev–Trinajstić information content (AvgIpc) is 3.32. The molecule has 1 aliphatic rings. The van der Waals surface area contributed by atoms with E-state index in [0.29, 0.717) is 15.7 Å². The maximum atomic E-state index is 12.5. The Balaban J connectivity index is 1.43. The third kappa shape index (κ3) is 4.25. The van der Waals surface area contributed by atoms with Gasteiger partial charge in [0.1, 0.15) is 11.1 Å². The molecule has 3 aromatic heterocycles. The number of hydrogen-bond acceptors (Lipinski definition) is 7. The minimum Gasteiger partial charge on any atom is -0.316 e. The molecule has 1 amide bonds. The summed E-state index contributed by atoms with van der Waals surface area (Å²) in [5.41, 5.74) is 2.83. The standard InChI is InChI=1S/C20H21N5OS3/c1-12-8-13(10-27-12)18-23-24-20(25(18)2)28-11-17(26)22-19-15(9-21)14-6-4-3-5-7-16(14)29-19/h8,10H,3-7,11H2,1-2H3,(H,22,26). The first-order valence-electron chi connectivity index (χ1n) is 9.49. The molecule has 0 atom stereocenters. The number of thioether (sulfide) groups is 1. The fraction of sp³-hybridized carbons (Fsp3) is 0.400. The highest BCUT2D eigenvalue weighted by molar-refractivity contribution is 7.99. The van der Waals surface area contributed by atoms with E-state index in [1.165, 1.54) is 27.9 Å². The van der Waals surface area contributed by atoms with E-state index >= 15 is 0 Å². The first-order valence-corrected chi connectivity index (χ1v) is 12.2. The molecule has 0 bridgehead atoms. The highest BCUT2D eigenvalue weighted by Gasteiger charge is 2.21. The Morgan fingerprint density at radius 2 is 2.17 bits per heavy atom. The minimum atomic E-state index is -0.126. The molecule has 0 radical (unpaired) electrons. The van der Waals surface area contributed by atoms with E-state index in [9.17, 15) is 10.1 Å². The van der Waals surface area contributed by atoms with Crippen LogP contribution in [0.4, 0.5) is 5.00 Å². The molecule has 3 aromatic rings. The van der Waals surface area contributed by atoms with Gasteiger partial charge in [0.05, 0.1) is 11.3 Å². The van der Waals surface area contributed by atoms with Crippen molar-refractivity contribution in [1.82, 2.24) is 14.8 Å². The number of aryl methyl sites for hydroxylation is 2. The number of nitriles is 1. The Hall–Kier alpha value is -2.15. The number of rotatable bonds is 5. The van der Waals surface area contributed by atoms with Gasteiger partial charge in [0.25, 0.3) is 0 Å². The van der Waals surface area contributed by atoms with Crippen LogP contribution in [0.1, 0.15) is 40.1 Å². The van der Waals surface area contributed by atoms with Gasteiger partial charge < -0.3 is 9.88 Å². The topological polar surface area (TPSA) is 83.6 Å². The van der Waals surface area contributed by atoms with Crippen LogP contribution in [-0.4, -0.2) is 26.4 Å². The summed E-state index contributed by atoms with van der Waals surface area (Å²) in [6, 6.07) is 4.39. The summed E-state index contributed by atoms with van der Waals surface area (Å²) in [4.78, 5) is 15.0.